The first-order valence-corrected chi connectivity index (χ1v) is 8.81. The molecule has 0 aliphatic carbocycles. The van der Waals surface area contributed by atoms with Crippen LogP contribution in [0.1, 0.15) is 25.1 Å². The van der Waals surface area contributed by atoms with E-state index in [4.69, 9.17) is 4.74 Å². The molecule has 1 amide bonds. The van der Waals surface area contributed by atoms with Crippen molar-refractivity contribution < 1.29 is 9.53 Å². The third-order valence-corrected chi connectivity index (χ3v) is 5.15. The maximum atomic E-state index is 12.8. The minimum absolute atomic E-state index is 0.00877. The first kappa shape index (κ1) is 15.6. The number of amides is 1. The number of hydrogen-bond acceptors (Lipinski definition) is 4. The van der Waals surface area contributed by atoms with Gasteiger partial charge in [0.15, 0.2) is 0 Å². The fraction of sp³-hybridized carbons (Fsp3) is 0.556. The van der Waals surface area contributed by atoms with Gasteiger partial charge in [0.25, 0.3) is 0 Å². The number of hydrogen-bond donors (Lipinski definition) is 1. The van der Waals surface area contributed by atoms with E-state index in [9.17, 15) is 4.79 Å². The molecule has 2 aromatic rings. The van der Waals surface area contributed by atoms with Crippen molar-refractivity contribution in [3.63, 3.8) is 0 Å². The molecule has 4 rings (SSSR count). The summed E-state index contributed by atoms with van der Waals surface area (Å²) in [7, 11) is 0. The number of imidazole rings is 1. The van der Waals surface area contributed by atoms with Crippen molar-refractivity contribution >= 4 is 16.9 Å². The molecule has 24 heavy (non-hydrogen) atoms. The van der Waals surface area contributed by atoms with Crippen molar-refractivity contribution in [1.29, 1.82) is 0 Å². The van der Waals surface area contributed by atoms with Crippen molar-refractivity contribution in [1.82, 2.24) is 19.8 Å². The molecule has 6 heteroatoms. The standard InChI is InChI=1S/C18H24N4O2/c1-2-16(21-7-9-24-10-8-21)18(23)22-11-13(12-22)17-19-14-5-3-4-6-15(14)20-17/h3-6,13,16H,2,7-12H2,1H3,(H,19,20)/t16-/m0/s1. The Kier molecular flexibility index (Phi) is 4.24. The summed E-state index contributed by atoms with van der Waals surface area (Å²) < 4.78 is 5.40. The van der Waals surface area contributed by atoms with E-state index in [-0.39, 0.29) is 11.9 Å². The summed E-state index contributed by atoms with van der Waals surface area (Å²) in [5, 5.41) is 0. The normalized spacial score (nSPS) is 21.0. The summed E-state index contributed by atoms with van der Waals surface area (Å²) in [5.41, 5.74) is 2.06. The van der Waals surface area contributed by atoms with Crippen molar-refractivity contribution in [2.24, 2.45) is 0 Å². The number of nitrogens with one attached hydrogen (secondary N) is 1. The molecule has 0 unspecified atom stereocenters. The van der Waals surface area contributed by atoms with Crippen LogP contribution in [0, 0.1) is 0 Å². The summed E-state index contributed by atoms with van der Waals surface area (Å²) in [6.45, 7) is 6.78. The van der Waals surface area contributed by atoms with E-state index in [1.165, 1.54) is 0 Å². The number of nitrogens with zero attached hydrogens (tertiary/aromatic N) is 3. The van der Waals surface area contributed by atoms with Crippen LogP contribution >= 0.6 is 0 Å². The largest absolute Gasteiger partial charge is 0.379 e. The topological polar surface area (TPSA) is 61.5 Å². The van der Waals surface area contributed by atoms with Crippen LogP contribution in [-0.2, 0) is 9.53 Å². The van der Waals surface area contributed by atoms with Gasteiger partial charge in [0.05, 0.1) is 36.2 Å². The second-order valence-corrected chi connectivity index (χ2v) is 6.65. The van der Waals surface area contributed by atoms with Crippen LogP contribution in [0.2, 0.25) is 0 Å². The molecule has 1 N–H and O–H groups in total. The van der Waals surface area contributed by atoms with Gasteiger partial charge in [-0.05, 0) is 18.6 Å². The molecule has 1 atom stereocenters. The highest BCUT2D eigenvalue weighted by atomic mass is 16.5. The Morgan fingerprint density at radius 1 is 1.33 bits per heavy atom. The van der Waals surface area contributed by atoms with E-state index >= 15 is 0 Å². The number of likely N-dealkylation sites (tertiary alicyclic amines) is 1. The van der Waals surface area contributed by atoms with Gasteiger partial charge in [-0.3, -0.25) is 9.69 Å². The summed E-state index contributed by atoms with van der Waals surface area (Å²) in [4.78, 5) is 25.1. The zero-order valence-electron chi connectivity index (χ0n) is 14.1. The summed E-state index contributed by atoms with van der Waals surface area (Å²) in [6.07, 6.45) is 0.852. The Hall–Kier alpha value is -1.92. The first-order valence-electron chi connectivity index (χ1n) is 8.81. The molecule has 0 saturated carbocycles. The predicted octanol–water partition coefficient (Wildman–Crippen LogP) is 1.60. The first-order chi connectivity index (χ1) is 11.8. The molecule has 0 spiro atoms. The minimum atomic E-state index is -0.00877. The monoisotopic (exact) mass is 328 g/mol. The molecule has 1 aromatic heterocycles. The van der Waals surface area contributed by atoms with Crippen molar-refractivity contribution in [3.8, 4) is 0 Å². The van der Waals surface area contributed by atoms with Gasteiger partial charge in [-0.2, -0.15) is 0 Å². The van der Waals surface area contributed by atoms with Crippen LogP contribution in [0.3, 0.4) is 0 Å². The predicted molar refractivity (Wildman–Crippen MR) is 91.9 cm³/mol. The summed E-state index contributed by atoms with van der Waals surface area (Å²) in [5.74, 6) is 1.58. The zero-order chi connectivity index (χ0) is 16.5. The van der Waals surface area contributed by atoms with E-state index < -0.39 is 0 Å². The van der Waals surface area contributed by atoms with Gasteiger partial charge in [0.2, 0.25) is 5.91 Å². The van der Waals surface area contributed by atoms with Crippen LogP contribution in [0.15, 0.2) is 24.3 Å². The molecule has 2 saturated heterocycles. The zero-order valence-corrected chi connectivity index (χ0v) is 14.1. The van der Waals surface area contributed by atoms with Crippen molar-refractivity contribution in [2.75, 3.05) is 39.4 Å². The fourth-order valence-corrected chi connectivity index (χ4v) is 3.69. The lowest BCUT2D eigenvalue weighted by Crippen LogP contribution is -2.57. The van der Waals surface area contributed by atoms with E-state index in [2.05, 4.69) is 21.8 Å². The van der Waals surface area contributed by atoms with Gasteiger partial charge in [0.1, 0.15) is 5.82 Å². The molecule has 2 aliphatic heterocycles. The van der Waals surface area contributed by atoms with Crippen molar-refractivity contribution in [2.45, 2.75) is 25.3 Å². The molecular weight excluding hydrogens is 304 g/mol. The number of aromatic nitrogens is 2. The van der Waals surface area contributed by atoms with Crippen LogP contribution in [-0.4, -0.2) is 71.1 Å². The number of aromatic amines is 1. The SMILES string of the molecule is CC[C@@H](C(=O)N1CC(c2nc3ccccc3[nH]2)C1)N1CCOCC1. The van der Waals surface area contributed by atoms with Gasteiger partial charge in [0, 0.05) is 26.2 Å². The molecule has 1 aromatic carbocycles. The Morgan fingerprint density at radius 2 is 2.08 bits per heavy atom. The quantitative estimate of drug-likeness (QED) is 0.926. The fourth-order valence-electron chi connectivity index (χ4n) is 3.69. The molecule has 3 heterocycles. The van der Waals surface area contributed by atoms with Crippen LogP contribution in [0.25, 0.3) is 11.0 Å². The number of rotatable bonds is 4. The molecular formula is C18H24N4O2. The van der Waals surface area contributed by atoms with Crippen LogP contribution in [0.4, 0.5) is 0 Å². The lowest BCUT2D eigenvalue weighted by atomic mass is 9.97. The lowest BCUT2D eigenvalue weighted by molar-refractivity contribution is -0.143. The minimum Gasteiger partial charge on any atom is -0.379 e. The van der Waals surface area contributed by atoms with Gasteiger partial charge >= 0.3 is 0 Å². The maximum absolute atomic E-state index is 12.8. The molecule has 2 aliphatic rings. The number of H-pyrrole nitrogens is 1. The molecule has 2 fully saturated rings. The van der Waals surface area contributed by atoms with Gasteiger partial charge < -0.3 is 14.6 Å². The molecule has 6 nitrogen and oxygen atoms in total. The molecule has 128 valence electrons. The highest BCUT2D eigenvalue weighted by Crippen LogP contribution is 2.28. The average molecular weight is 328 g/mol. The Bertz CT molecular complexity index is 684. The second kappa shape index (κ2) is 6.53. The third kappa shape index (κ3) is 2.80. The number of carbonyl (C=O) groups excluding carboxylic acids is 1. The number of fused-ring (bicyclic) bond motifs is 1. The van der Waals surface area contributed by atoms with E-state index in [1.54, 1.807) is 0 Å². The Morgan fingerprint density at radius 3 is 2.79 bits per heavy atom. The smallest absolute Gasteiger partial charge is 0.239 e. The van der Waals surface area contributed by atoms with E-state index in [0.29, 0.717) is 5.92 Å². The second-order valence-electron chi connectivity index (χ2n) is 6.65. The number of benzene rings is 1. The lowest BCUT2D eigenvalue weighted by Gasteiger charge is -2.43. The highest BCUT2D eigenvalue weighted by Gasteiger charge is 2.38. The van der Waals surface area contributed by atoms with Crippen LogP contribution in [0.5, 0.6) is 0 Å². The Balaban J connectivity index is 1.39. The maximum Gasteiger partial charge on any atom is 0.239 e. The number of morpholine rings is 1. The Labute approximate surface area is 141 Å². The van der Waals surface area contributed by atoms with Crippen LogP contribution < -0.4 is 0 Å². The number of para-hydroxylation sites is 2. The molecule has 0 radical (unpaired) electrons. The number of ether oxygens (including phenoxy) is 1. The molecule has 0 bridgehead atoms. The average Bonchev–Trinajstić information content (AvgIpc) is 2.98. The van der Waals surface area contributed by atoms with Gasteiger partial charge in [-0.1, -0.05) is 19.1 Å². The van der Waals surface area contributed by atoms with Gasteiger partial charge in [-0.15, -0.1) is 0 Å². The third-order valence-electron chi connectivity index (χ3n) is 5.15. The summed E-state index contributed by atoms with van der Waals surface area (Å²) in [6, 6.07) is 8.05. The number of carbonyl (C=O) groups is 1. The van der Waals surface area contributed by atoms with E-state index in [1.807, 2.05) is 29.2 Å². The van der Waals surface area contributed by atoms with Gasteiger partial charge in [-0.25, -0.2) is 4.98 Å². The summed E-state index contributed by atoms with van der Waals surface area (Å²) >= 11 is 0. The van der Waals surface area contributed by atoms with Crippen molar-refractivity contribution in [3.05, 3.63) is 30.1 Å². The highest BCUT2D eigenvalue weighted by molar-refractivity contribution is 5.83. The van der Waals surface area contributed by atoms with E-state index in [0.717, 1.165) is 62.7 Å².